The molecular weight excluding hydrogens is 612 g/mol. The summed E-state index contributed by atoms with van der Waals surface area (Å²) < 4.78 is 64.9. The summed E-state index contributed by atoms with van der Waals surface area (Å²) in [5.41, 5.74) is 5.33. The van der Waals surface area contributed by atoms with Gasteiger partial charge in [-0.2, -0.15) is 0 Å². The third-order valence-electron chi connectivity index (χ3n) is 5.71. The van der Waals surface area contributed by atoms with Crippen molar-refractivity contribution in [1.29, 1.82) is 0 Å². The number of hydrogen-bond acceptors (Lipinski definition) is 15. The molecule has 1 rings (SSSR count). The average Bonchev–Trinajstić information content (AvgIpc) is 3.38. The zero-order valence-electron chi connectivity index (χ0n) is 27.3. The minimum atomic E-state index is -0.307. The van der Waals surface area contributed by atoms with E-state index in [1.165, 1.54) is 12.2 Å². The van der Waals surface area contributed by atoms with Gasteiger partial charge in [-0.05, 0) is 0 Å². The Labute approximate surface area is 272 Å². The first-order chi connectivity index (χ1) is 22.8. The number of hydrogen-bond donors (Lipinski definition) is 1. The molecule has 0 aromatic heterocycles. The van der Waals surface area contributed by atoms with Gasteiger partial charge in [0.25, 0.3) is 11.8 Å². The number of ether oxygens (including phenoxy) is 12. The fourth-order valence-corrected chi connectivity index (χ4v) is 3.41. The lowest BCUT2D eigenvalue weighted by Crippen LogP contribution is -2.33. The summed E-state index contributed by atoms with van der Waals surface area (Å²) in [6.07, 6.45) is 2.51. The van der Waals surface area contributed by atoms with Crippen molar-refractivity contribution in [2.45, 2.75) is 0 Å². The fourth-order valence-electron chi connectivity index (χ4n) is 3.41. The standard InChI is InChI=1S/C30H56N2O14/c31-3-5-35-7-9-37-11-13-39-15-17-41-19-21-43-23-25-45-27-28-46-26-24-44-22-20-42-18-16-40-14-12-38-10-8-36-6-4-32-29(33)1-2-30(32)34/h1-2H,3-28,31H2. The maximum absolute atomic E-state index is 11.4. The van der Waals surface area contributed by atoms with Gasteiger partial charge in [-0.25, -0.2) is 0 Å². The topological polar surface area (TPSA) is 174 Å². The van der Waals surface area contributed by atoms with E-state index in [0.29, 0.717) is 159 Å². The smallest absolute Gasteiger partial charge is 0.253 e. The van der Waals surface area contributed by atoms with Gasteiger partial charge in [0.15, 0.2) is 0 Å². The van der Waals surface area contributed by atoms with Crippen molar-refractivity contribution in [1.82, 2.24) is 4.90 Å². The van der Waals surface area contributed by atoms with E-state index in [1.54, 1.807) is 0 Å². The molecule has 1 heterocycles. The number of carbonyl (C=O) groups is 2. The van der Waals surface area contributed by atoms with E-state index in [2.05, 4.69) is 0 Å². The van der Waals surface area contributed by atoms with Crippen LogP contribution in [0.4, 0.5) is 0 Å². The molecule has 46 heavy (non-hydrogen) atoms. The van der Waals surface area contributed by atoms with Crippen LogP contribution in [0.5, 0.6) is 0 Å². The summed E-state index contributed by atoms with van der Waals surface area (Å²) in [6, 6.07) is 0. The highest BCUT2D eigenvalue weighted by molar-refractivity contribution is 6.12. The quantitative estimate of drug-likeness (QED) is 0.0631. The monoisotopic (exact) mass is 668 g/mol. The molecule has 0 aliphatic carbocycles. The van der Waals surface area contributed by atoms with E-state index in [9.17, 15) is 9.59 Å². The van der Waals surface area contributed by atoms with Crippen LogP contribution < -0.4 is 5.73 Å². The van der Waals surface area contributed by atoms with Crippen molar-refractivity contribution in [2.75, 3.05) is 172 Å². The molecule has 0 saturated carbocycles. The zero-order valence-corrected chi connectivity index (χ0v) is 27.3. The lowest BCUT2D eigenvalue weighted by Gasteiger charge is -2.13. The maximum Gasteiger partial charge on any atom is 0.253 e. The Morgan fingerprint density at radius 3 is 0.761 bits per heavy atom. The summed E-state index contributed by atoms with van der Waals surface area (Å²) in [5, 5.41) is 0. The SMILES string of the molecule is NCCOCCOCCOCCOCCOCCOCCOCCOCCOCCOCCOCCOCCN1C(=O)C=CC1=O. The summed E-state index contributed by atoms with van der Waals surface area (Å²) >= 11 is 0. The van der Waals surface area contributed by atoms with Gasteiger partial charge in [0, 0.05) is 18.7 Å². The first-order valence-electron chi connectivity index (χ1n) is 15.9. The van der Waals surface area contributed by atoms with E-state index in [1.807, 2.05) is 0 Å². The molecule has 0 radical (unpaired) electrons. The molecule has 0 unspecified atom stereocenters. The van der Waals surface area contributed by atoms with Gasteiger partial charge in [-0.1, -0.05) is 0 Å². The molecule has 270 valence electrons. The first kappa shape index (κ1) is 42.4. The van der Waals surface area contributed by atoms with Crippen molar-refractivity contribution < 1.29 is 66.4 Å². The van der Waals surface area contributed by atoms with Crippen LogP contribution in [-0.4, -0.2) is 188 Å². The molecule has 0 aromatic rings. The number of amides is 2. The van der Waals surface area contributed by atoms with Gasteiger partial charge in [0.2, 0.25) is 0 Å². The molecule has 1 aliphatic rings. The van der Waals surface area contributed by atoms with Crippen LogP contribution in [-0.2, 0) is 66.4 Å². The van der Waals surface area contributed by atoms with E-state index < -0.39 is 0 Å². The molecule has 0 fully saturated rings. The van der Waals surface area contributed by atoms with Crippen LogP contribution in [0.15, 0.2) is 12.2 Å². The molecule has 0 spiro atoms. The summed E-state index contributed by atoms with van der Waals surface area (Å²) in [5.74, 6) is -0.615. The highest BCUT2D eigenvalue weighted by atomic mass is 16.6. The second kappa shape index (κ2) is 34.7. The predicted octanol–water partition coefficient (Wildman–Crippen LogP) is -0.931. The van der Waals surface area contributed by atoms with E-state index >= 15 is 0 Å². The average molecular weight is 669 g/mol. The van der Waals surface area contributed by atoms with E-state index in [0.717, 1.165) is 4.90 Å². The van der Waals surface area contributed by atoms with Crippen molar-refractivity contribution in [3.63, 3.8) is 0 Å². The first-order valence-corrected chi connectivity index (χ1v) is 15.9. The predicted molar refractivity (Wildman–Crippen MR) is 165 cm³/mol. The Morgan fingerprint density at radius 1 is 0.348 bits per heavy atom. The van der Waals surface area contributed by atoms with Gasteiger partial charge in [-0.15, -0.1) is 0 Å². The molecule has 0 atom stereocenters. The normalized spacial score (nSPS) is 13.1. The van der Waals surface area contributed by atoms with Crippen molar-refractivity contribution in [3.05, 3.63) is 12.2 Å². The maximum atomic E-state index is 11.4. The van der Waals surface area contributed by atoms with Crippen LogP contribution in [0, 0.1) is 0 Å². The summed E-state index contributed by atoms with van der Waals surface area (Å²) in [7, 11) is 0. The van der Waals surface area contributed by atoms with E-state index in [4.69, 9.17) is 62.6 Å². The van der Waals surface area contributed by atoms with Gasteiger partial charge >= 0.3 is 0 Å². The van der Waals surface area contributed by atoms with Crippen LogP contribution in [0.25, 0.3) is 0 Å². The second-order valence-electron chi connectivity index (χ2n) is 9.30. The highest BCUT2D eigenvalue weighted by Crippen LogP contribution is 2.02. The summed E-state index contributed by atoms with van der Waals surface area (Å²) in [4.78, 5) is 23.9. The fraction of sp³-hybridized carbons (Fsp3) is 0.867. The molecule has 0 aromatic carbocycles. The molecule has 2 N–H and O–H groups in total. The van der Waals surface area contributed by atoms with Crippen LogP contribution >= 0.6 is 0 Å². The number of nitrogens with zero attached hydrogens (tertiary/aromatic N) is 1. The zero-order chi connectivity index (χ0) is 33.0. The van der Waals surface area contributed by atoms with Crippen LogP contribution in [0.2, 0.25) is 0 Å². The lowest BCUT2D eigenvalue weighted by molar-refractivity contribution is -0.137. The van der Waals surface area contributed by atoms with Crippen molar-refractivity contribution in [3.8, 4) is 0 Å². The number of carbonyl (C=O) groups excluding carboxylic acids is 2. The van der Waals surface area contributed by atoms with Gasteiger partial charge in [0.1, 0.15) is 0 Å². The Kier molecular flexibility index (Phi) is 32.0. The lowest BCUT2D eigenvalue weighted by atomic mass is 10.5. The number of imide groups is 1. The molecular formula is C30H56N2O14. The third kappa shape index (κ3) is 28.6. The number of rotatable bonds is 38. The van der Waals surface area contributed by atoms with Gasteiger partial charge in [-0.3, -0.25) is 14.5 Å². The second-order valence-corrected chi connectivity index (χ2v) is 9.30. The minimum absolute atomic E-state index is 0.239. The van der Waals surface area contributed by atoms with Crippen LogP contribution in [0.3, 0.4) is 0 Å². The van der Waals surface area contributed by atoms with E-state index in [-0.39, 0.29) is 25.0 Å². The van der Waals surface area contributed by atoms with Crippen molar-refractivity contribution in [2.24, 2.45) is 5.73 Å². The van der Waals surface area contributed by atoms with Crippen LogP contribution in [0.1, 0.15) is 0 Å². The Hall–Kier alpha value is -1.64. The van der Waals surface area contributed by atoms with Gasteiger partial charge < -0.3 is 62.6 Å². The largest absolute Gasteiger partial charge is 0.378 e. The van der Waals surface area contributed by atoms with Crippen molar-refractivity contribution >= 4 is 11.8 Å². The van der Waals surface area contributed by atoms with Gasteiger partial charge in [0.05, 0.1) is 165 Å². The summed E-state index contributed by atoms with van der Waals surface area (Å²) in [6.45, 7) is 12.3. The Balaban J connectivity index is 1.62. The number of nitrogens with two attached hydrogens (primary N) is 1. The third-order valence-corrected chi connectivity index (χ3v) is 5.71. The molecule has 1 aliphatic heterocycles. The highest BCUT2D eigenvalue weighted by Gasteiger charge is 2.22. The Bertz CT molecular complexity index is 701. The minimum Gasteiger partial charge on any atom is -0.378 e. The molecule has 0 saturated heterocycles. The molecule has 16 heteroatoms. The molecule has 16 nitrogen and oxygen atoms in total. The molecule has 2 amide bonds. The Morgan fingerprint density at radius 2 is 0.543 bits per heavy atom. The molecule has 0 bridgehead atoms.